The minimum Gasteiger partial charge on any atom is -0.481 e. The molecule has 0 aromatic heterocycles. The van der Waals surface area contributed by atoms with Gasteiger partial charge in [0, 0.05) is 0 Å². The van der Waals surface area contributed by atoms with E-state index in [1.807, 2.05) is 0 Å². The first-order chi connectivity index (χ1) is 5.63. The molecule has 1 fully saturated rings. The van der Waals surface area contributed by atoms with Gasteiger partial charge in [-0.1, -0.05) is 12.2 Å². The predicted octanol–water partition coefficient (Wildman–Crippen LogP) is 0.204. The molecule has 0 aromatic rings. The quantitative estimate of drug-likeness (QED) is 0.578. The van der Waals surface area contributed by atoms with Crippen LogP contribution in [0.4, 0.5) is 0 Å². The van der Waals surface area contributed by atoms with Crippen LogP contribution in [0.1, 0.15) is 0 Å². The fraction of sp³-hybridized carbons (Fsp3) is 0.500. The van der Waals surface area contributed by atoms with Crippen molar-refractivity contribution in [2.75, 3.05) is 0 Å². The average molecular weight is 168 g/mol. The van der Waals surface area contributed by atoms with Crippen molar-refractivity contribution < 1.29 is 19.8 Å². The molecule has 2 N–H and O–H groups in total. The number of hydrogen-bond acceptors (Lipinski definition) is 2. The number of carboxylic acids is 2. The van der Waals surface area contributed by atoms with Crippen molar-refractivity contribution in [2.45, 2.75) is 0 Å². The Morgan fingerprint density at radius 1 is 0.917 bits per heavy atom. The second-order valence-corrected chi connectivity index (χ2v) is 3.27. The number of carbonyl (C=O) groups is 2. The van der Waals surface area contributed by atoms with Crippen molar-refractivity contribution in [3.8, 4) is 0 Å². The minimum atomic E-state index is -0.993. The number of aliphatic carboxylic acids is 2. The zero-order valence-corrected chi connectivity index (χ0v) is 6.18. The first kappa shape index (κ1) is 7.34. The maximum atomic E-state index is 10.6. The summed E-state index contributed by atoms with van der Waals surface area (Å²) in [6.07, 6.45) is 3.56. The van der Waals surface area contributed by atoms with Crippen molar-refractivity contribution >= 4 is 11.9 Å². The molecule has 2 rings (SSSR count). The third-order valence-electron chi connectivity index (χ3n) is 2.79. The molecule has 4 nitrogen and oxygen atoms in total. The lowest BCUT2D eigenvalue weighted by molar-refractivity contribution is -0.170. The Labute approximate surface area is 68.5 Å². The van der Waals surface area contributed by atoms with E-state index in [2.05, 4.69) is 0 Å². The van der Waals surface area contributed by atoms with Gasteiger partial charge in [0.1, 0.15) is 0 Å². The van der Waals surface area contributed by atoms with E-state index in [0.29, 0.717) is 0 Å². The van der Waals surface area contributed by atoms with Crippen LogP contribution in [0.2, 0.25) is 0 Å². The molecule has 2 aliphatic carbocycles. The Kier molecular flexibility index (Phi) is 1.28. The van der Waals surface area contributed by atoms with E-state index in [9.17, 15) is 9.59 Å². The summed E-state index contributed by atoms with van der Waals surface area (Å²) >= 11 is 0. The van der Waals surface area contributed by atoms with Gasteiger partial charge in [0.25, 0.3) is 0 Å². The van der Waals surface area contributed by atoms with Gasteiger partial charge in [-0.3, -0.25) is 9.59 Å². The highest BCUT2D eigenvalue weighted by Gasteiger charge is 2.58. The van der Waals surface area contributed by atoms with Crippen molar-refractivity contribution in [2.24, 2.45) is 23.7 Å². The molecule has 0 heterocycles. The predicted molar refractivity (Wildman–Crippen MR) is 38.4 cm³/mol. The molecular weight excluding hydrogens is 160 g/mol. The molecule has 2 aliphatic rings. The van der Waals surface area contributed by atoms with E-state index < -0.39 is 23.8 Å². The number of rotatable bonds is 2. The van der Waals surface area contributed by atoms with Crippen LogP contribution in [0.15, 0.2) is 12.2 Å². The molecule has 12 heavy (non-hydrogen) atoms. The molecule has 4 heteroatoms. The summed E-state index contributed by atoms with van der Waals surface area (Å²) in [5.41, 5.74) is 0. The lowest BCUT2D eigenvalue weighted by Crippen LogP contribution is -2.56. The van der Waals surface area contributed by atoms with E-state index in [-0.39, 0.29) is 11.8 Å². The van der Waals surface area contributed by atoms with Crippen molar-refractivity contribution in [1.82, 2.24) is 0 Å². The molecule has 0 amide bonds. The molecule has 0 spiro atoms. The van der Waals surface area contributed by atoms with Crippen molar-refractivity contribution in [3.63, 3.8) is 0 Å². The normalized spacial score (nSPS) is 42.3. The highest BCUT2D eigenvalue weighted by molar-refractivity contribution is 5.84. The van der Waals surface area contributed by atoms with E-state index in [1.54, 1.807) is 12.2 Å². The van der Waals surface area contributed by atoms with Gasteiger partial charge < -0.3 is 10.2 Å². The molecule has 4 atom stereocenters. The Hall–Kier alpha value is -1.32. The molecule has 0 unspecified atom stereocenters. The largest absolute Gasteiger partial charge is 0.481 e. The van der Waals surface area contributed by atoms with Gasteiger partial charge in [0.15, 0.2) is 0 Å². The van der Waals surface area contributed by atoms with Crippen LogP contribution >= 0.6 is 0 Å². The Balaban J connectivity index is 2.19. The maximum absolute atomic E-state index is 10.6. The molecule has 0 bridgehead atoms. The third kappa shape index (κ3) is 0.668. The van der Waals surface area contributed by atoms with Crippen LogP contribution in [0.5, 0.6) is 0 Å². The van der Waals surface area contributed by atoms with Crippen molar-refractivity contribution in [3.05, 3.63) is 12.2 Å². The van der Waals surface area contributed by atoms with Gasteiger partial charge in [0.05, 0.1) is 11.8 Å². The van der Waals surface area contributed by atoms with Gasteiger partial charge >= 0.3 is 11.9 Å². The van der Waals surface area contributed by atoms with Gasteiger partial charge in [-0.2, -0.15) is 0 Å². The summed E-state index contributed by atoms with van der Waals surface area (Å²) in [6.45, 7) is 0. The molecule has 0 radical (unpaired) electrons. The van der Waals surface area contributed by atoms with Crippen LogP contribution in [-0.2, 0) is 9.59 Å². The lowest BCUT2D eigenvalue weighted by Gasteiger charge is -2.50. The fourth-order valence-corrected chi connectivity index (χ4v) is 2.06. The van der Waals surface area contributed by atoms with Crippen molar-refractivity contribution in [1.29, 1.82) is 0 Å². The number of carboxylic acid groups (broad SMARTS) is 2. The molecule has 1 saturated carbocycles. The Morgan fingerprint density at radius 2 is 1.25 bits per heavy atom. The molecule has 0 saturated heterocycles. The molecule has 0 aromatic carbocycles. The smallest absolute Gasteiger partial charge is 0.308 e. The van der Waals surface area contributed by atoms with Gasteiger partial charge in [-0.05, 0) is 11.8 Å². The molecular formula is C8H8O4. The standard InChI is InChI=1S/C8H8O4/c9-7(10)5-3-1-2-4(3)6(5)8(11)12/h1-6H,(H,9,10)(H,11,12)/t3-,4+,5-,6-/m1/s1. The van der Waals surface area contributed by atoms with Gasteiger partial charge in [-0.25, -0.2) is 0 Å². The summed E-state index contributed by atoms with van der Waals surface area (Å²) in [5.74, 6) is -3.43. The summed E-state index contributed by atoms with van der Waals surface area (Å²) in [6, 6.07) is 0. The summed E-state index contributed by atoms with van der Waals surface area (Å²) in [7, 11) is 0. The first-order valence-electron chi connectivity index (χ1n) is 3.77. The maximum Gasteiger partial charge on any atom is 0.308 e. The van der Waals surface area contributed by atoms with Crippen LogP contribution in [0.25, 0.3) is 0 Å². The third-order valence-corrected chi connectivity index (χ3v) is 2.79. The lowest BCUT2D eigenvalue weighted by atomic mass is 9.51. The minimum absolute atomic E-state index is 0.0244. The summed E-state index contributed by atoms with van der Waals surface area (Å²) in [4.78, 5) is 21.2. The SMILES string of the molecule is O=C(O)[C@@H]1[C@@H]2C=C[C@@H]2[C@H]1C(=O)O. The topological polar surface area (TPSA) is 74.6 Å². The fourth-order valence-electron chi connectivity index (χ4n) is 2.06. The second-order valence-electron chi connectivity index (χ2n) is 3.27. The zero-order chi connectivity index (χ0) is 8.88. The van der Waals surface area contributed by atoms with E-state index >= 15 is 0 Å². The van der Waals surface area contributed by atoms with Gasteiger partial charge in [-0.15, -0.1) is 0 Å². The van der Waals surface area contributed by atoms with E-state index in [4.69, 9.17) is 10.2 Å². The zero-order valence-electron chi connectivity index (χ0n) is 6.18. The Morgan fingerprint density at radius 3 is 1.42 bits per heavy atom. The first-order valence-corrected chi connectivity index (χ1v) is 3.77. The highest BCUT2D eigenvalue weighted by Crippen LogP contribution is 2.53. The summed E-state index contributed by atoms with van der Waals surface area (Å²) in [5, 5.41) is 17.4. The average Bonchev–Trinajstić information content (AvgIpc) is 1.91. The van der Waals surface area contributed by atoms with E-state index in [0.717, 1.165) is 0 Å². The monoisotopic (exact) mass is 168 g/mol. The van der Waals surface area contributed by atoms with Gasteiger partial charge in [0.2, 0.25) is 0 Å². The van der Waals surface area contributed by atoms with Crippen LogP contribution in [-0.4, -0.2) is 22.2 Å². The second kappa shape index (κ2) is 2.09. The number of fused-ring (bicyclic) bond motifs is 1. The Bertz CT molecular complexity index is 253. The van der Waals surface area contributed by atoms with Crippen LogP contribution < -0.4 is 0 Å². The highest BCUT2D eigenvalue weighted by atomic mass is 16.4. The summed E-state index contributed by atoms with van der Waals surface area (Å²) < 4.78 is 0. The van der Waals surface area contributed by atoms with Crippen LogP contribution in [0.3, 0.4) is 0 Å². The molecule has 64 valence electrons. The van der Waals surface area contributed by atoms with Crippen LogP contribution in [0, 0.1) is 23.7 Å². The van der Waals surface area contributed by atoms with E-state index in [1.165, 1.54) is 0 Å². The molecule has 0 aliphatic heterocycles. The number of hydrogen-bond donors (Lipinski definition) is 2. The number of allylic oxidation sites excluding steroid dienone is 2.